The highest BCUT2D eigenvalue weighted by Crippen LogP contribution is 2.20. The van der Waals surface area contributed by atoms with Crippen LogP contribution in [0, 0.1) is 0 Å². The Labute approximate surface area is 122 Å². The largest absolute Gasteiger partial charge is 0.497 e. The summed E-state index contributed by atoms with van der Waals surface area (Å²) in [6.07, 6.45) is 0.788. The SMILES string of the molecule is COc1ccc(-c2noc(CC3CSCCN3)n2)cc1. The van der Waals surface area contributed by atoms with Gasteiger partial charge in [-0.2, -0.15) is 16.7 Å². The van der Waals surface area contributed by atoms with Crippen molar-refractivity contribution in [1.82, 2.24) is 15.5 Å². The summed E-state index contributed by atoms with van der Waals surface area (Å²) in [5.74, 6) is 4.42. The first-order valence-electron chi connectivity index (χ1n) is 6.63. The van der Waals surface area contributed by atoms with Gasteiger partial charge in [-0.3, -0.25) is 0 Å². The Morgan fingerprint density at radius 2 is 2.25 bits per heavy atom. The molecule has 106 valence electrons. The fourth-order valence-corrected chi connectivity index (χ4v) is 3.11. The molecule has 6 heteroatoms. The lowest BCUT2D eigenvalue weighted by molar-refractivity contribution is 0.363. The zero-order chi connectivity index (χ0) is 13.8. The van der Waals surface area contributed by atoms with Crippen LogP contribution in [0.4, 0.5) is 0 Å². The molecule has 1 atom stereocenters. The summed E-state index contributed by atoms with van der Waals surface area (Å²) in [6, 6.07) is 8.08. The van der Waals surface area contributed by atoms with E-state index in [1.807, 2.05) is 36.0 Å². The van der Waals surface area contributed by atoms with E-state index in [-0.39, 0.29) is 0 Å². The number of nitrogens with zero attached hydrogens (tertiary/aromatic N) is 2. The summed E-state index contributed by atoms with van der Waals surface area (Å²) in [7, 11) is 1.65. The maximum atomic E-state index is 5.34. The fraction of sp³-hybridized carbons (Fsp3) is 0.429. The first-order chi connectivity index (χ1) is 9.85. The standard InChI is InChI=1S/C14H17N3O2S/c1-18-12-4-2-10(3-5-12)14-16-13(19-17-14)8-11-9-20-7-6-15-11/h2-5,11,15H,6-9H2,1H3. The smallest absolute Gasteiger partial charge is 0.228 e. The first-order valence-corrected chi connectivity index (χ1v) is 7.79. The van der Waals surface area contributed by atoms with Gasteiger partial charge in [0.1, 0.15) is 5.75 Å². The summed E-state index contributed by atoms with van der Waals surface area (Å²) in [5.41, 5.74) is 0.937. The van der Waals surface area contributed by atoms with Crippen molar-refractivity contribution in [3.8, 4) is 17.1 Å². The minimum Gasteiger partial charge on any atom is -0.497 e. The molecule has 2 aromatic rings. The summed E-state index contributed by atoms with van der Waals surface area (Å²) in [5, 5.41) is 7.51. The molecule has 1 aliphatic heterocycles. The van der Waals surface area contributed by atoms with E-state index in [0.717, 1.165) is 30.0 Å². The Bertz CT molecular complexity index is 550. The highest BCUT2D eigenvalue weighted by Gasteiger charge is 2.17. The number of hydrogen-bond acceptors (Lipinski definition) is 6. The average Bonchev–Trinajstić information content (AvgIpc) is 2.97. The van der Waals surface area contributed by atoms with Crippen LogP contribution in [0.1, 0.15) is 5.89 Å². The van der Waals surface area contributed by atoms with E-state index in [1.54, 1.807) is 7.11 Å². The molecule has 1 fully saturated rings. The van der Waals surface area contributed by atoms with Crippen LogP contribution in [0.3, 0.4) is 0 Å². The lowest BCUT2D eigenvalue weighted by Gasteiger charge is -2.21. The van der Waals surface area contributed by atoms with Crippen molar-refractivity contribution in [1.29, 1.82) is 0 Å². The molecule has 0 spiro atoms. The number of nitrogens with one attached hydrogen (secondary N) is 1. The van der Waals surface area contributed by atoms with Gasteiger partial charge < -0.3 is 14.6 Å². The second-order valence-corrected chi connectivity index (χ2v) is 5.82. The Morgan fingerprint density at radius 3 is 2.95 bits per heavy atom. The van der Waals surface area contributed by atoms with Gasteiger partial charge in [0.15, 0.2) is 0 Å². The zero-order valence-corrected chi connectivity index (χ0v) is 12.2. The summed E-state index contributed by atoms with van der Waals surface area (Å²) in [4.78, 5) is 4.46. The lowest BCUT2D eigenvalue weighted by Crippen LogP contribution is -2.38. The molecule has 1 aromatic heterocycles. The molecule has 1 N–H and O–H groups in total. The Balaban J connectivity index is 1.68. The van der Waals surface area contributed by atoms with E-state index in [2.05, 4.69) is 15.5 Å². The first kappa shape index (κ1) is 13.5. The van der Waals surface area contributed by atoms with Gasteiger partial charge in [-0.1, -0.05) is 5.16 Å². The van der Waals surface area contributed by atoms with E-state index >= 15 is 0 Å². The summed E-state index contributed by atoms with van der Waals surface area (Å²) in [6.45, 7) is 1.05. The van der Waals surface area contributed by atoms with Gasteiger partial charge in [0.05, 0.1) is 7.11 Å². The summed E-state index contributed by atoms with van der Waals surface area (Å²) < 4.78 is 10.5. The number of methoxy groups -OCH3 is 1. The fourth-order valence-electron chi connectivity index (χ4n) is 2.16. The third-order valence-electron chi connectivity index (χ3n) is 3.24. The van der Waals surface area contributed by atoms with Crippen molar-refractivity contribution in [3.63, 3.8) is 0 Å². The van der Waals surface area contributed by atoms with Crippen LogP contribution in [-0.2, 0) is 6.42 Å². The van der Waals surface area contributed by atoms with Gasteiger partial charge in [-0.05, 0) is 24.3 Å². The van der Waals surface area contributed by atoms with Crippen LogP contribution >= 0.6 is 11.8 Å². The van der Waals surface area contributed by atoms with Gasteiger partial charge in [0.2, 0.25) is 11.7 Å². The molecule has 20 heavy (non-hydrogen) atoms. The number of aromatic nitrogens is 2. The van der Waals surface area contributed by atoms with Crippen molar-refractivity contribution in [2.45, 2.75) is 12.5 Å². The molecule has 1 aliphatic rings. The van der Waals surface area contributed by atoms with Crippen molar-refractivity contribution in [3.05, 3.63) is 30.2 Å². The monoisotopic (exact) mass is 291 g/mol. The number of benzene rings is 1. The Hall–Kier alpha value is -1.53. The van der Waals surface area contributed by atoms with E-state index in [1.165, 1.54) is 5.75 Å². The molecule has 0 radical (unpaired) electrons. The second kappa shape index (κ2) is 6.28. The maximum absolute atomic E-state index is 5.34. The Morgan fingerprint density at radius 1 is 1.40 bits per heavy atom. The molecule has 2 heterocycles. The van der Waals surface area contributed by atoms with E-state index in [9.17, 15) is 0 Å². The molecule has 3 rings (SSSR count). The van der Waals surface area contributed by atoms with E-state index in [0.29, 0.717) is 17.8 Å². The molecular weight excluding hydrogens is 274 g/mol. The summed E-state index contributed by atoms with van der Waals surface area (Å²) >= 11 is 1.96. The molecule has 0 amide bonds. The Kier molecular flexibility index (Phi) is 4.22. The number of thioether (sulfide) groups is 1. The number of ether oxygens (including phenoxy) is 1. The molecule has 1 unspecified atom stereocenters. The van der Waals surface area contributed by atoms with Gasteiger partial charge >= 0.3 is 0 Å². The molecule has 5 nitrogen and oxygen atoms in total. The van der Waals surface area contributed by atoms with E-state index in [4.69, 9.17) is 9.26 Å². The quantitative estimate of drug-likeness (QED) is 0.929. The number of hydrogen-bond donors (Lipinski definition) is 1. The predicted molar refractivity (Wildman–Crippen MR) is 79.1 cm³/mol. The van der Waals surface area contributed by atoms with Gasteiger partial charge in [-0.15, -0.1) is 0 Å². The van der Waals surface area contributed by atoms with Gasteiger partial charge in [-0.25, -0.2) is 0 Å². The molecule has 1 saturated heterocycles. The third kappa shape index (κ3) is 3.13. The van der Waals surface area contributed by atoms with Crippen LogP contribution in [0.15, 0.2) is 28.8 Å². The lowest BCUT2D eigenvalue weighted by atomic mass is 10.2. The minimum atomic E-state index is 0.429. The van der Waals surface area contributed by atoms with Crippen molar-refractivity contribution in [2.75, 3.05) is 25.2 Å². The molecule has 0 saturated carbocycles. The van der Waals surface area contributed by atoms with Crippen molar-refractivity contribution < 1.29 is 9.26 Å². The molecule has 0 aliphatic carbocycles. The van der Waals surface area contributed by atoms with Crippen LogP contribution in [0.2, 0.25) is 0 Å². The number of rotatable bonds is 4. The van der Waals surface area contributed by atoms with Crippen molar-refractivity contribution >= 4 is 11.8 Å². The highest BCUT2D eigenvalue weighted by atomic mass is 32.2. The molecule has 1 aromatic carbocycles. The topological polar surface area (TPSA) is 60.2 Å². The normalized spacial score (nSPS) is 18.9. The van der Waals surface area contributed by atoms with Crippen LogP contribution in [0.25, 0.3) is 11.4 Å². The van der Waals surface area contributed by atoms with E-state index < -0.39 is 0 Å². The zero-order valence-electron chi connectivity index (χ0n) is 11.3. The maximum Gasteiger partial charge on any atom is 0.228 e. The van der Waals surface area contributed by atoms with Crippen LogP contribution < -0.4 is 10.1 Å². The third-order valence-corrected chi connectivity index (χ3v) is 4.37. The molecular formula is C14H17N3O2S. The van der Waals surface area contributed by atoms with Gasteiger partial charge in [0.25, 0.3) is 0 Å². The second-order valence-electron chi connectivity index (χ2n) is 4.67. The van der Waals surface area contributed by atoms with Crippen molar-refractivity contribution in [2.24, 2.45) is 0 Å². The predicted octanol–water partition coefficient (Wildman–Crippen LogP) is 1.99. The average molecular weight is 291 g/mol. The van der Waals surface area contributed by atoms with Crippen LogP contribution in [-0.4, -0.2) is 41.3 Å². The molecule has 0 bridgehead atoms. The van der Waals surface area contributed by atoms with Gasteiger partial charge in [0, 0.05) is 36.1 Å². The van der Waals surface area contributed by atoms with Crippen LogP contribution in [0.5, 0.6) is 5.75 Å². The minimum absolute atomic E-state index is 0.429. The highest BCUT2D eigenvalue weighted by molar-refractivity contribution is 7.99.